The van der Waals surface area contributed by atoms with Gasteiger partial charge in [0.15, 0.2) is 10.4 Å². The van der Waals surface area contributed by atoms with Crippen LogP contribution in [0.2, 0.25) is 0 Å². The van der Waals surface area contributed by atoms with Crippen LogP contribution in [0.3, 0.4) is 0 Å². The molecule has 0 aliphatic heterocycles. The van der Waals surface area contributed by atoms with Crippen LogP contribution in [0.4, 0.5) is 5.13 Å². The van der Waals surface area contributed by atoms with Gasteiger partial charge in [-0.3, -0.25) is 10.1 Å². The third kappa shape index (κ3) is 4.33. The minimum atomic E-state index is -0.654. The van der Waals surface area contributed by atoms with Crippen LogP contribution >= 0.6 is 23.1 Å². The number of hydrogen-bond acceptors (Lipinski definition) is 7. The van der Waals surface area contributed by atoms with Crippen LogP contribution in [0, 0.1) is 0 Å². The van der Waals surface area contributed by atoms with Crippen LogP contribution < -0.4 is 14.8 Å². The lowest BCUT2D eigenvalue weighted by atomic mass is 10.3. The molecule has 2 aromatic rings. The normalized spacial score (nSPS) is 11.8. The summed E-state index contributed by atoms with van der Waals surface area (Å²) in [4.78, 5) is 12.0. The van der Waals surface area contributed by atoms with E-state index in [4.69, 9.17) is 9.47 Å². The lowest BCUT2D eigenvalue weighted by molar-refractivity contribution is -0.122. The summed E-state index contributed by atoms with van der Waals surface area (Å²) < 4.78 is 11.5. The van der Waals surface area contributed by atoms with Gasteiger partial charge in [0.1, 0.15) is 11.5 Å². The largest absolute Gasteiger partial charge is 0.497 e. The van der Waals surface area contributed by atoms with Crippen molar-refractivity contribution in [3.05, 3.63) is 24.3 Å². The highest BCUT2D eigenvalue weighted by Crippen LogP contribution is 2.24. The summed E-state index contributed by atoms with van der Waals surface area (Å²) in [6.45, 7) is 1.67. The topological polar surface area (TPSA) is 73.3 Å². The second kappa shape index (κ2) is 7.28. The number of thioether (sulfide) groups is 1. The quantitative estimate of drug-likeness (QED) is 0.650. The Kier molecular flexibility index (Phi) is 5.40. The van der Waals surface area contributed by atoms with E-state index in [1.807, 2.05) is 12.3 Å². The molecule has 1 aromatic heterocycles. The van der Waals surface area contributed by atoms with Gasteiger partial charge in [0, 0.05) is 6.07 Å². The fourth-order valence-electron chi connectivity index (χ4n) is 1.48. The van der Waals surface area contributed by atoms with Gasteiger partial charge in [0.05, 0.1) is 7.11 Å². The van der Waals surface area contributed by atoms with Crippen LogP contribution in [-0.2, 0) is 4.79 Å². The van der Waals surface area contributed by atoms with Gasteiger partial charge in [0.25, 0.3) is 5.91 Å². The van der Waals surface area contributed by atoms with Crippen molar-refractivity contribution < 1.29 is 14.3 Å². The summed E-state index contributed by atoms with van der Waals surface area (Å²) in [5, 5.41) is 10.9. The molecule has 1 N–H and O–H groups in total. The van der Waals surface area contributed by atoms with E-state index >= 15 is 0 Å². The van der Waals surface area contributed by atoms with Crippen molar-refractivity contribution in [2.24, 2.45) is 0 Å². The van der Waals surface area contributed by atoms with E-state index in [9.17, 15) is 4.79 Å². The molecule has 0 bridgehead atoms. The van der Waals surface area contributed by atoms with E-state index in [0.717, 1.165) is 4.34 Å². The van der Waals surface area contributed by atoms with Crippen LogP contribution in [0.1, 0.15) is 6.92 Å². The maximum absolute atomic E-state index is 12.0. The van der Waals surface area contributed by atoms with Crippen LogP contribution in [0.15, 0.2) is 28.6 Å². The lowest BCUT2D eigenvalue weighted by Gasteiger charge is -2.14. The molecule has 1 amide bonds. The van der Waals surface area contributed by atoms with Gasteiger partial charge < -0.3 is 9.47 Å². The SMILES string of the molecule is COc1cccc(OC(C)C(=O)Nc2nnc(SC)s2)c1. The molecule has 0 radical (unpaired) electrons. The Morgan fingerprint density at radius 2 is 2.14 bits per heavy atom. The zero-order valence-corrected chi connectivity index (χ0v) is 13.5. The number of nitrogens with zero attached hydrogens (tertiary/aromatic N) is 2. The Hall–Kier alpha value is -1.80. The Morgan fingerprint density at radius 3 is 2.81 bits per heavy atom. The van der Waals surface area contributed by atoms with Gasteiger partial charge in [-0.15, -0.1) is 10.2 Å². The van der Waals surface area contributed by atoms with E-state index in [2.05, 4.69) is 15.5 Å². The van der Waals surface area contributed by atoms with E-state index in [1.54, 1.807) is 32.2 Å². The Balaban J connectivity index is 1.95. The number of nitrogens with one attached hydrogen (secondary N) is 1. The van der Waals surface area contributed by atoms with Crippen molar-refractivity contribution in [1.29, 1.82) is 0 Å². The number of methoxy groups -OCH3 is 1. The summed E-state index contributed by atoms with van der Waals surface area (Å²) >= 11 is 2.80. The summed E-state index contributed by atoms with van der Waals surface area (Å²) in [5.74, 6) is 0.967. The average molecular weight is 325 g/mol. The molecule has 0 spiro atoms. The molecule has 0 saturated heterocycles. The monoisotopic (exact) mass is 325 g/mol. The van der Waals surface area contributed by atoms with E-state index in [0.29, 0.717) is 16.6 Å². The number of amides is 1. The third-order valence-corrected chi connectivity index (χ3v) is 4.35. The molecule has 0 aliphatic rings. The Labute approximate surface area is 130 Å². The van der Waals surface area contributed by atoms with Crippen molar-refractivity contribution in [3.8, 4) is 11.5 Å². The third-order valence-electron chi connectivity index (χ3n) is 2.53. The van der Waals surface area contributed by atoms with E-state index in [1.165, 1.54) is 23.1 Å². The summed E-state index contributed by atoms with van der Waals surface area (Å²) in [5.41, 5.74) is 0. The second-order valence-corrected chi connectivity index (χ2v) is 6.04. The zero-order chi connectivity index (χ0) is 15.2. The van der Waals surface area contributed by atoms with Gasteiger partial charge in [-0.1, -0.05) is 29.2 Å². The first-order chi connectivity index (χ1) is 10.1. The minimum absolute atomic E-state index is 0.276. The molecule has 0 fully saturated rings. The number of carbonyl (C=O) groups is 1. The molecular weight excluding hydrogens is 310 g/mol. The highest BCUT2D eigenvalue weighted by molar-refractivity contribution is 8.00. The fourth-order valence-corrected chi connectivity index (χ4v) is 2.65. The van der Waals surface area contributed by atoms with Crippen LogP contribution in [0.25, 0.3) is 0 Å². The molecule has 1 atom stereocenters. The second-order valence-electron chi connectivity index (χ2n) is 4.01. The van der Waals surface area contributed by atoms with Crippen LogP contribution in [-0.4, -0.2) is 35.6 Å². The Bertz CT molecular complexity index is 618. The summed E-state index contributed by atoms with van der Waals surface area (Å²) in [7, 11) is 1.58. The maximum atomic E-state index is 12.0. The molecule has 0 saturated carbocycles. The number of anilines is 1. The standard InChI is InChI=1S/C13H15N3O3S2/c1-8(19-10-6-4-5-9(7-10)18-2)11(17)14-12-15-16-13(20-3)21-12/h4-8H,1-3H3,(H,14,15,17). The number of aromatic nitrogens is 2. The summed E-state index contributed by atoms with van der Waals surface area (Å²) in [6.07, 6.45) is 1.25. The highest BCUT2D eigenvalue weighted by atomic mass is 32.2. The van der Waals surface area contributed by atoms with Gasteiger partial charge in [-0.25, -0.2) is 0 Å². The Morgan fingerprint density at radius 1 is 1.38 bits per heavy atom. The first kappa shape index (κ1) is 15.6. The molecule has 6 nitrogen and oxygen atoms in total. The fraction of sp³-hybridized carbons (Fsp3) is 0.308. The molecule has 1 heterocycles. The number of hydrogen-bond donors (Lipinski definition) is 1. The number of ether oxygens (including phenoxy) is 2. The van der Waals surface area contributed by atoms with Crippen molar-refractivity contribution in [3.63, 3.8) is 0 Å². The maximum Gasteiger partial charge on any atom is 0.266 e. The van der Waals surface area contributed by atoms with E-state index in [-0.39, 0.29) is 5.91 Å². The molecule has 112 valence electrons. The smallest absolute Gasteiger partial charge is 0.266 e. The van der Waals surface area contributed by atoms with Gasteiger partial charge in [0.2, 0.25) is 5.13 Å². The van der Waals surface area contributed by atoms with Crippen molar-refractivity contribution in [2.45, 2.75) is 17.4 Å². The average Bonchev–Trinajstić information content (AvgIpc) is 2.95. The van der Waals surface area contributed by atoms with Crippen molar-refractivity contribution in [1.82, 2.24) is 10.2 Å². The van der Waals surface area contributed by atoms with Crippen LogP contribution in [0.5, 0.6) is 11.5 Å². The van der Waals surface area contributed by atoms with Crippen molar-refractivity contribution >= 4 is 34.1 Å². The number of rotatable bonds is 6. The van der Waals surface area contributed by atoms with Gasteiger partial charge in [-0.2, -0.15) is 0 Å². The van der Waals surface area contributed by atoms with Crippen molar-refractivity contribution in [2.75, 3.05) is 18.7 Å². The predicted molar refractivity (Wildman–Crippen MR) is 83.4 cm³/mol. The van der Waals surface area contributed by atoms with Gasteiger partial charge in [-0.05, 0) is 25.3 Å². The molecule has 1 aromatic carbocycles. The molecule has 0 aliphatic carbocycles. The summed E-state index contributed by atoms with van der Waals surface area (Å²) in [6, 6.07) is 7.10. The lowest BCUT2D eigenvalue weighted by Crippen LogP contribution is -2.30. The molecule has 8 heteroatoms. The molecule has 1 unspecified atom stereocenters. The molecule has 2 rings (SSSR count). The number of carbonyl (C=O) groups excluding carboxylic acids is 1. The first-order valence-electron chi connectivity index (χ1n) is 6.11. The minimum Gasteiger partial charge on any atom is -0.497 e. The first-order valence-corrected chi connectivity index (χ1v) is 8.15. The van der Waals surface area contributed by atoms with Gasteiger partial charge >= 0.3 is 0 Å². The predicted octanol–water partition coefficient (Wildman–Crippen LogP) is 2.67. The number of benzene rings is 1. The molecule has 21 heavy (non-hydrogen) atoms. The van der Waals surface area contributed by atoms with E-state index < -0.39 is 6.10 Å². The zero-order valence-electron chi connectivity index (χ0n) is 11.8. The molecular formula is C13H15N3O3S2. The highest BCUT2D eigenvalue weighted by Gasteiger charge is 2.17.